The third-order valence-electron chi connectivity index (χ3n) is 3.26. The first-order valence-corrected chi connectivity index (χ1v) is 7.84. The van der Waals surface area contributed by atoms with Gasteiger partial charge in [-0.05, 0) is 56.2 Å². The number of hydrogen-bond donors (Lipinski definition) is 0. The molecule has 3 heteroatoms. The molecule has 22 heavy (non-hydrogen) atoms. The van der Waals surface area contributed by atoms with Gasteiger partial charge in [0.1, 0.15) is 11.4 Å². The number of pyridine rings is 1. The lowest BCUT2D eigenvalue weighted by Gasteiger charge is -2.10. The standard InChI is InChI=1S/C17H18N2O.C2H6/c1-12(2)20-16-6-4-14(5-7-16)15-8-9-19-13(3)11-18-17(19)10-15;1-2/h4-12H,1-3H3;1-2H3. The van der Waals surface area contributed by atoms with Gasteiger partial charge in [0, 0.05) is 18.1 Å². The molecular formula is C19H24N2O. The lowest BCUT2D eigenvalue weighted by molar-refractivity contribution is 0.242. The van der Waals surface area contributed by atoms with Gasteiger partial charge in [-0.15, -0.1) is 0 Å². The largest absolute Gasteiger partial charge is 0.491 e. The average Bonchev–Trinajstić information content (AvgIpc) is 2.90. The summed E-state index contributed by atoms with van der Waals surface area (Å²) in [5.41, 5.74) is 4.46. The quantitative estimate of drug-likeness (QED) is 0.670. The molecule has 0 saturated carbocycles. The molecule has 0 aliphatic carbocycles. The Hall–Kier alpha value is -2.29. The van der Waals surface area contributed by atoms with E-state index in [9.17, 15) is 0 Å². The fourth-order valence-electron chi connectivity index (χ4n) is 2.29. The lowest BCUT2D eigenvalue weighted by atomic mass is 10.1. The Morgan fingerprint density at radius 2 is 1.68 bits per heavy atom. The number of benzene rings is 1. The first kappa shape index (κ1) is 16.1. The van der Waals surface area contributed by atoms with E-state index in [-0.39, 0.29) is 6.10 Å². The molecular weight excluding hydrogens is 272 g/mol. The van der Waals surface area contributed by atoms with Crippen molar-refractivity contribution in [3.8, 4) is 16.9 Å². The van der Waals surface area contributed by atoms with E-state index in [1.165, 1.54) is 11.1 Å². The van der Waals surface area contributed by atoms with Gasteiger partial charge in [0.15, 0.2) is 0 Å². The van der Waals surface area contributed by atoms with Gasteiger partial charge in [-0.1, -0.05) is 26.0 Å². The second-order valence-electron chi connectivity index (χ2n) is 5.23. The second kappa shape index (κ2) is 7.12. The van der Waals surface area contributed by atoms with Crippen molar-refractivity contribution in [2.24, 2.45) is 0 Å². The fourth-order valence-corrected chi connectivity index (χ4v) is 2.29. The fraction of sp³-hybridized carbons (Fsp3) is 0.316. The highest BCUT2D eigenvalue weighted by atomic mass is 16.5. The van der Waals surface area contributed by atoms with Crippen molar-refractivity contribution in [2.45, 2.75) is 40.7 Å². The van der Waals surface area contributed by atoms with E-state index in [2.05, 4.69) is 46.8 Å². The minimum atomic E-state index is 0.199. The smallest absolute Gasteiger partial charge is 0.137 e. The van der Waals surface area contributed by atoms with E-state index in [0.29, 0.717) is 0 Å². The summed E-state index contributed by atoms with van der Waals surface area (Å²) in [6.45, 7) is 10.1. The number of ether oxygens (including phenoxy) is 1. The molecule has 0 radical (unpaired) electrons. The number of aryl methyl sites for hydroxylation is 1. The van der Waals surface area contributed by atoms with Crippen LogP contribution in [0.5, 0.6) is 5.75 Å². The van der Waals surface area contributed by atoms with Crippen LogP contribution in [0.15, 0.2) is 48.8 Å². The molecule has 0 aliphatic rings. The summed E-state index contributed by atoms with van der Waals surface area (Å²) in [5.74, 6) is 0.904. The number of rotatable bonds is 3. The molecule has 0 aliphatic heterocycles. The second-order valence-corrected chi connectivity index (χ2v) is 5.23. The molecule has 0 saturated heterocycles. The zero-order valence-corrected chi connectivity index (χ0v) is 14.0. The molecule has 0 spiro atoms. The molecule has 3 aromatic rings. The molecule has 0 unspecified atom stereocenters. The lowest BCUT2D eigenvalue weighted by Crippen LogP contribution is -2.05. The maximum absolute atomic E-state index is 5.66. The van der Waals surface area contributed by atoms with E-state index in [1.54, 1.807) is 0 Å². The molecule has 0 N–H and O–H groups in total. The van der Waals surface area contributed by atoms with Crippen LogP contribution in [-0.4, -0.2) is 15.5 Å². The molecule has 2 aromatic heterocycles. The van der Waals surface area contributed by atoms with Crippen LogP contribution < -0.4 is 4.74 Å². The molecule has 116 valence electrons. The SMILES string of the molecule is CC.Cc1cnc2cc(-c3ccc(OC(C)C)cc3)ccn12. The van der Waals surface area contributed by atoms with Gasteiger partial charge < -0.3 is 9.14 Å². The Kier molecular flexibility index (Phi) is 5.21. The van der Waals surface area contributed by atoms with Crippen LogP contribution in [-0.2, 0) is 0 Å². The molecule has 0 bridgehead atoms. The highest BCUT2D eigenvalue weighted by Crippen LogP contribution is 2.24. The van der Waals surface area contributed by atoms with Crippen LogP contribution >= 0.6 is 0 Å². The van der Waals surface area contributed by atoms with Crippen LogP contribution in [0, 0.1) is 6.92 Å². The van der Waals surface area contributed by atoms with Gasteiger partial charge >= 0.3 is 0 Å². The van der Waals surface area contributed by atoms with Crippen molar-refractivity contribution in [3.05, 3.63) is 54.5 Å². The topological polar surface area (TPSA) is 26.5 Å². The highest BCUT2D eigenvalue weighted by Gasteiger charge is 2.03. The molecule has 1 aromatic carbocycles. The number of nitrogens with zero attached hydrogens (tertiary/aromatic N) is 2. The van der Waals surface area contributed by atoms with E-state index in [0.717, 1.165) is 17.1 Å². The van der Waals surface area contributed by atoms with E-state index in [4.69, 9.17) is 4.74 Å². The van der Waals surface area contributed by atoms with Gasteiger partial charge in [-0.25, -0.2) is 4.98 Å². The Balaban J connectivity index is 0.000000847. The number of aromatic nitrogens is 2. The van der Waals surface area contributed by atoms with Crippen molar-refractivity contribution in [1.29, 1.82) is 0 Å². The normalized spacial score (nSPS) is 10.5. The molecule has 2 heterocycles. The molecule has 3 rings (SSSR count). The summed E-state index contributed by atoms with van der Waals surface area (Å²) in [6, 6.07) is 12.4. The first-order chi connectivity index (χ1) is 10.6. The van der Waals surface area contributed by atoms with Gasteiger partial charge in [0.05, 0.1) is 6.10 Å². The summed E-state index contributed by atoms with van der Waals surface area (Å²) < 4.78 is 7.75. The first-order valence-electron chi connectivity index (χ1n) is 7.84. The zero-order valence-electron chi connectivity index (χ0n) is 14.0. The number of fused-ring (bicyclic) bond motifs is 1. The molecule has 3 nitrogen and oxygen atoms in total. The van der Waals surface area contributed by atoms with Crippen LogP contribution in [0.4, 0.5) is 0 Å². The summed E-state index contributed by atoms with van der Waals surface area (Å²) in [4.78, 5) is 4.40. The average molecular weight is 296 g/mol. The molecule has 0 atom stereocenters. The summed E-state index contributed by atoms with van der Waals surface area (Å²) in [6.07, 6.45) is 4.15. The van der Waals surface area contributed by atoms with Crippen molar-refractivity contribution in [1.82, 2.24) is 9.38 Å². The van der Waals surface area contributed by atoms with Gasteiger partial charge in [-0.2, -0.15) is 0 Å². The maximum atomic E-state index is 5.66. The monoisotopic (exact) mass is 296 g/mol. The minimum Gasteiger partial charge on any atom is -0.491 e. The van der Waals surface area contributed by atoms with Crippen LogP contribution in [0.25, 0.3) is 16.8 Å². The number of hydrogen-bond acceptors (Lipinski definition) is 2. The third kappa shape index (κ3) is 3.48. The highest BCUT2D eigenvalue weighted by molar-refractivity contribution is 5.68. The summed E-state index contributed by atoms with van der Waals surface area (Å²) in [5, 5.41) is 0. The van der Waals surface area contributed by atoms with Gasteiger partial charge in [0.25, 0.3) is 0 Å². The summed E-state index contributed by atoms with van der Waals surface area (Å²) in [7, 11) is 0. The Morgan fingerprint density at radius 1 is 1.00 bits per heavy atom. The van der Waals surface area contributed by atoms with Crippen molar-refractivity contribution in [2.75, 3.05) is 0 Å². The Bertz CT molecular complexity index is 727. The minimum absolute atomic E-state index is 0.199. The predicted octanol–water partition coefficient (Wildman–Crippen LogP) is 5.12. The molecule has 0 amide bonds. The van der Waals surface area contributed by atoms with E-state index < -0.39 is 0 Å². The zero-order chi connectivity index (χ0) is 16.1. The van der Waals surface area contributed by atoms with Gasteiger partial charge in [0.2, 0.25) is 0 Å². The Morgan fingerprint density at radius 3 is 2.32 bits per heavy atom. The van der Waals surface area contributed by atoms with Crippen molar-refractivity contribution >= 4 is 5.65 Å². The van der Waals surface area contributed by atoms with Crippen LogP contribution in [0.3, 0.4) is 0 Å². The maximum Gasteiger partial charge on any atom is 0.137 e. The van der Waals surface area contributed by atoms with Crippen molar-refractivity contribution < 1.29 is 4.74 Å². The predicted molar refractivity (Wildman–Crippen MR) is 92.5 cm³/mol. The van der Waals surface area contributed by atoms with Crippen LogP contribution in [0.1, 0.15) is 33.4 Å². The van der Waals surface area contributed by atoms with E-state index >= 15 is 0 Å². The number of imidazole rings is 1. The molecule has 0 fully saturated rings. The third-order valence-corrected chi connectivity index (χ3v) is 3.26. The van der Waals surface area contributed by atoms with Gasteiger partial charge in [-0.3, -0.25) is 0 Å². The summed E-state index contributed by atoms with van der Waals surface area (Å²) >= 11 is 0. The van der Waals surface area contributed by atoms with Crippen molar-refractivity contribution in [3.63, 3.8) is 0 Å². The van der Waals surface area contributed by atoms with Crippen LogP contribution in [0.2, 0.25) is 0 Å². The Labute approximate surface area is 132 Å². The van der Waals surface area contributed by atoms with E-state index in [1.807, 2.05) is 46.0 Å².